The number of hydrogen-bond acceptors (Lipinski definition) is 3. The summed E-state index contributed by atoms with van der Waals surface area (Å²) in [6, 6.07) is 15.1. The topological polar surface area (TPSA) is 24.5 Å². The molecule has 3 nitrogen and oxygen atoms in total. The highest BCUT2D eigenvalue weighted by atomic mass is 35.5. The van der Waals surface area contributed by atoms with Crippen LogP contribution < -0.4 is 10.1 Å². The van der Waals surface area contributed by atoms with Crippen molar-refractivity contribution in [2.45, 2.75) is 13.0 Å². The van der Waals surface area contributed by atoms with Crippen molar-refractivity contribution in [2.24, 2.45) is 0 Å². The smallest absolute Gasteiger partial charge is 0.127 e. The van der Waals surface area contributed by atoms with Gasteiger partial charge in [0.2, 0.25) is 0 Å². The Kier molecular flexibility index (Phi) is 7.97. The number of benzene rings is 2. The molecule has 0 aromatic heterocycles. The largest absolute Gasteiger partial charge is 0.491 e. The van der Waals surface area contributed by atoms with Crippen LogP contribution in [0.1, 0.15) is 6.92 Å². The fourth-order valence-corrected chi connectivity index (χ4v) is 2.76. The third kappa shape index (κ3) is 4.50. The van der Waals surface area contributed by atoms with Gasteiger partial charge in [0.1, 0.15) is 12.4 Å². The molecule has 2 aromatic rings. The second-order valence-corrected chi connectivity index (χ2v) is 5.42. The third-order valence-corrected chi connectivity index (χ3v) is 4.00. The van der Waals surface area contributed by atoms with Crippen LogP contribution in [0.5, 0.6) is 5.75 Å². The van der Waals surface area contributed by atoms with Crippen LogP contribution in [0, 0.1) is 0 Å². The van der Waals surface area contributed by atoms with Crippen molar-refractivity contribution < 1.29 is 4.74 Å². The minimum Gasteiger partial charge on any atom is -0.491 e. The molecular weight excluding hydrogens is 319 g/mol. The molecule has 5 heteroatoms. The first-order valence-corrected chi connectivity index (χ1v) is 7.40. The van der Waals surface area contributed by atoms with E-state index >= 15 is 0 Å². The number of fused-ring (bicyclic) bond motifs is 1. The SMILES string of the molecule is CC(COc1cccc2ccccc12)N1CCNCC1.Cl.Cl. The Morgan fingerprint density at radius 3 is 2.50 bits per heavy atom. The molecule has 1 fully saturated rings. The lowest BCUT2D eigenvalue weighted by Crippen LogP contribution is -2.49. The summed E-state index contributed by atoms with van der Waals surface area (Å²) in [6.07, 6.45) is 0. The highest BCUT2D eigenvalue weighted by Crippen LogP contribution is 2.25. The predicted molar refractivity (Wildman–Crippen MR) is 97.8 cm³/mol. The Hall–Kier alpha value is -1.00. The van der Waals surface area contributed by atoms with Gasteiger partial charge in [0, 0.05) is 37.6 Å². The lowest BCUT2D eigenvalue weighted by atomic mass is 10.1. The minimum atomic E-state index is 0. The van der Waals surface area contributed by atoms with Gasteiger partial charge < -0.3 is 10.1 Å². The van der Waals surface area contributed by atoms with Gasteiger partial charge >= 0.3 is 0 Å². The van der Waals surface area contributed by atoms with Crippen molar-refractivity contribution in [3.8, 4) is 5.75 Å². The maximum absolute atomic E-state index is 6.07. The van der Waals surface area contributed by atoms with E-state index in [0.717, 1.165) is 38.5 Å². The highest BCUT2D eigenvalue weighted by molar-refractivity contribution is 5.88. The summed E-state index contributed by atoms with van der Waals surface area (Å²) in [5.74, 6) is 0.991. The molecule has 0 aliphatic carbocycles. The Balaban J connectivity index is 0.00000121. The van der Waals surface area contributed by atoms with Crippen LogP contribution in [0.2, 0.25) is 0 Å². The van der Waals surface area contributed by atoms with Gasteiger partial charge in [-0.3, -0.25) is 4.90 Å². The van der Waals surface area contributed by atoms with E-state index in [9.17, 15) is 0 Å². The molecule has 1 N–H and O–H groups in total. The van der Waals surface area contributed by atoms with E-state index in [1.807, 2.05) is 0 Å². The molecular formula is C17H24Cl2N2O. The number of hydrogen-bond donors (Lipinski definition) is 1. The van der Waals surface area contributed by atoms with Gasteiger partial charge in [0.15, 0.2) is 0 Å². The van der Waals surface area contributed by atoms with Crippen LogP contribution in [0.25, 0.3) is 10.8 Å². The van der Waals surface area contributed by atoms with Crippen molar-refractivity contribution in [3.63, 3.8) is 0 Å². The lowest BCUT2D eigenvalue weighted by molar-refractivity contribution is 0.133. The molecule has 1 aliphatic rings. The predicted octanol–water partition coefficient (Wildman–Crippen LogP) is 3.36. The average molecular weight is 343 g/mol. The summed E-state index contributed by atoms with van der Waals surface area (Å²) in [7, 11) is 0. The zero-order valence-electron chi connectivity index (χ0n) is 12.8. The second kappa shape index (κ2) is 9.21. The van der Waals surface area contributed by atoms with E-state index in [4.69, 9.17) is 4.74 Å². The minimum absolute atomic E-state index is 0. The van der Waals surface area contributed by atoms with Crippen LogP contribution in [0.4, 0.5) is 0 Å². The van der Waals surface area contributed by atoms with Crippen LogP contribution >= 0.6 is 24.8 Å². The van der Waals surface area contributed by atoms with Gasteiger partial charge in [0.05, 0.1) is 0 Å². The number of piperazine rings is 1. The maximum Gasteiger partial charge on any atom is 0.127 e. The molecule has 1 aliphatic heterocycles. The van der Waals surface area contributed by atoms with Crippen LogP contribution in [-0.4, -0.2) is 43.7 Å². The second-order valence-electron chi connectivity index (χ2n) is 5.42. The van der Waals surface area contributed by atoms with Gasteiger partial charge in [-0.25, -0.2) is 0 Å². The monoisotopic (exact) mass is 342 g/mol. The van der Waals surface area contributed by atoms with E-state index in [-0.39, 0.29) is 24.8 Å². The fraction of sp³-hybridized carbons (Fsp3) is 0.412. The molecule has 1 unspecified atom stereocenters. The van der Waals surface area contributed by atoms with E-state index in [1.165, 1.54) is 10.8 Å². The van der Waals surface area contributed by atoms with Crippen LogP contribution in [0.3, 0.4) is 0 Å². The van der Waals surface area contributed by atoms with Gasteiger partial charge in [-0.2, -0.15) is 0 Å². The fourth-order valence-electron chi connectivity index (χ4n) is 2.76. The number of nitrogens with zero attached hydrogens (tertiary/aromatic N) is 1. The number of rotatable bonds is 4. The molecule has 1 atom stereocenters. The molecule has 0 radical (unpaired) electrons. The maximum atomic E-state index is 6.07. The molecule has 0 amide bonds. The number of halogens is 2. The van der Waals surface area contributed by atoms with E-state index in [0.29, 0.717) is 6.04 Å². The third-order valence-electron chi connectivity index (χ3n) is 4.00. The summed E-state index contributed by atoms with van der Waals surface area (Å²) < 4.78 is 6.07. The van der Waals surface area contributed by atoms with Gasteiger partial charge in [-0.1, -0.05) is 36.4 Å². The van der Waals surface area contributed by atoms with Gasteiger partial charge in [-0.15, -0.1) is 24.8 Å². The summed E-state index contributed by atoms with van der Waals surface area (Å²) in [5, 5.41) is 5.82. The lowest BCUT2D eigenvalue weighted by Gasteiger charge is -2.32. The average Bonchev–Trinajstić information content (AvgIpc) is 2.53. The number of nitrogens with one attached hydrogen (secondary N) is 1. The van der Waals surface area contributed by atoms with Crippen molar-refractivity contribution in [2.75, 3.05) is 32.8 Å². The molecule has 22 heavy (non-hydrogen) atoms. The first kappa shape index (κ1) is 19.0. The Morgan fingerprint density at radius 2 is 1.73 bits per heavy atom. The van der Waals surface area contributed by atoms with Gasteiger partial charge in [-0.05, 0) is 18.4 Å². The molecule has 0 saturated carbocycles. The molecule has 3 rings (SSSR count). The first-order chi connectivity index (χ1) is 9.84. The van der Waals surface area contributed by atoms with Crippen molar-refractivity contribution in [1.82, 2.24) is 10.2 Å². The Bertz CT molecular complexity index is 568. The first-order valence-electron chi connectivity index (χ1n) is 7.40. The van der Waals surface area contributed by atoms with Crippen molar-refractivity contribution in [3.05, 3.63) is 42.5 Å². The Labute approximate surface area is 144 Å². The van der Waals surface area contributed by atoms with Crippen molar-refractivity contribution in [1.29, 1.82) is 0 Å². The quantitative estimate of drug-likeness (QED) is 0.921. The number of ether oxygens (including phenoxy) is 1. The summed E-state index contributed by atoms with van der Waals surface area (Å²) in [5.41, 5.74) is 0. The van der Waals surface area contributed by atoms with E-state index < -0.39 is 0 Å². The molecule has 0 spiro atoms. The van der Waals surface area contributed by atoms with Gasteiger partial charge in [0.25, 0.3) is 0 Å². The molecule has 0 bridgehead atoms. The summed E-state index contributed by atoms with van der Waals surface area (Å²) in [4.78, 5) is 2.49. The molecule has 1 heterocycles. The van der Waals surface area contributed by atoms with Crippen molar-refractivity contribution >= 4 is 35.6 Å². The van der Waals surface area contributed by atoms with Crippen LogP contribution in [-0.2, 0) is 0 Å². The molecule has 122 valence electrons. The molecule has 1 saturated heterocycles. The van der Waals surface area contributed by atoms with E-state index in [2.05, 4.69) is 59.6 Å². The standard InChI is InChI=1S/C17H22N2O.2ClH/c1-14(19-11-9-18-10-12-19)13-20-17-8-4-6-15-5-2-3-7-16(15)17;;/h2-8,14,18H,9-13H2,1H3;2*1H. The zero-order valence-corrected chi connectivity index (χ0v) is 14.5. The summed E-state index contributed by atoms with van der Waals surface area (Å²) in [6.45, 7) is 7.38. The highest BCUT2D eigenvalue weighted by Gasteiger charge is 2.17. The molecule has 2 aromatic carbocycles. The van der Waals surface area contributed by atoms with Crippen LogP contribution in [0.15, 0.2) is 42.5 Å². The van der Waals surface area contributed by atoms with E-state index in [1.54, 1.807) is 0 Å². The summed E-state index contributed by atoms with van der Waals surface area (Å²) >= 11 is 0. The Morgan fingerprint density at radius 1 is 1.05 bits per heavy atom. The normalized spacial score (nSPS) is 16.4. The zero-order chi connectivity index (χ0) is 13.8.